The van der Waals surface area contributed by atoms with Gasteiger partial charge in [0.25, 0.3) is 0 Å². The van der Waals surface area contributed by atoms with Crippen molar-refractivity contribution in [2.24, 2.45) is 0 Å². The van der Waals surface area contributed by atoms with E-state index in [-0.39, 0.29) is 0 Å². The normalized spacial score (nSPS) is 10.9. The number of ether oxygens (including phenoxy) is 1. The molecule has 0 aromatic heterocycles. The van der Waals surface area contributed by atoms with Crippen LogP contribution in [0.5, 0.6) is 5.75 Å². The van der Waals surface area contributed by atoms with Gasteiger partial charge in [0.2, 0.25) is 0 Å². The van der Waals surface area contributed by atoms with Crippen LogP contribution in [-0.2, 0) is 0 Å². The van der Waals surface area contributed by atoms with Crippen molar-refractivity contribution in [3.8, 4) is 5.75 Å². The Kier molecular flexibility index (Phi) is 4.41. The number of alkyl halides is 3. The molecule has 0 saturated heterocycles. The van der Waals surface area contributed by atoms with Crippen molar-refractivity contribution in [1.29, 1.82) is 0 Å². The van der Waals surface area contributed by atoms with E-state index >= 15 is 0 Å². The van der Waals surface area contributed by atoms with E-state index in [1.54, 1.807) is 29.6 Å². The number of nitrogens with zero attached hydrogens (tertiary/aromatic N) is 1. The largest absolute Gasteiger partial charge is 0.497 e. The zero-order chi connectivity index (χ0) is 13.8. The van der Waals surface area contributed by atoms with E-state index < -0.39 is 18.8 Å². The molecule has 4 nitrogen and oxygen atoms in total. The summed E-state index contributed by atoms with van der Waals surface area (Å²) in [7, 11) is 2.84. The third-order valence-corrected chi connectivity index (χ3v) is 2.19. The molecule has 0 atom stereocenters. The molecule has 100 valence electrons. The molecular weight excluding hydrogens is 249 g/mol. The third-order valence-electron chi connectivity index (χ3n) is 2.19. The number of rotatable bonds is 3. The highest BCUT2D eigenvalue weighted by Gasteiger charge is 2.28. The van der Waals surface area contributed by atoms with Crippen LogP contribution in [0.3, 0.4) is 0 Å². The molecule has 0 fully saturated rings. The predicted molar refractivity (Wildman–Crippen MR) is 60.9 cm³/mol. The highest BCUT2D eigenvalue weighted by atomic mass is 19.4. The van der Waals surface area contributed by atoms with E-state index in [0.29, 0.717) is 11.4 Å². The minimum atomic E-state index is -4.43. The number of hydrogen-bond donors (Lipinski definition) is 1. The Hall–Kier alpha value is -1.92. The van der Waals surface area contributed by atoms with E-state index in [1.807, 2.05) is 0 Å². The summed E-state index contributed by atoms with van der Waals surface area (Å²) in [5.74, 6) is 0.517. The smallest absolute Gasteiger partial charge is 0.405 e. The number of carbonyl (C=O) groups is 1. The van der Waals surface area contributed by atoms with Gasteiger partial charge in [0.05, 0.1) is 7.11 Å². The Morgan fingerprint density at radius 2 is 2.11 bits per heavy atom. The van der Waals surface area contributed by atoms with Gasteiger partial charge in [-0.1, -0.05) is 6.07 Å². The van der Waals surface area contributed by atoms with Crippen molar-refractivity contribution in [3.63, 3.8) is 0 Å². The fourth-order valence-corrected chi connectivity index (χ4v) is 1.23. The topological polar surface area (TPSA) is 41.6 Å². The first-order chi connectivity index (χ1) is 8.33. The lowest BCUT2D eigenvalue weighted by Crippen LogP contribution is -2.41. The van der Waals surface area contributed by atoms with E-state index in [9.17, 15) is 18.0 Å². The maximum atomic E-state index is 11.9. The van der Waals surface area contributed by atoms with E-state index in [4.69, 9.17) is 4.74 Å². The molecule has 0 radical (unpaired) electrons. The fraction of sp³-hybridized carbons (Fsp3) is 0.364. The van der Waals surface area contributed by atoms with Crippen LogP contribution in [0.25, 0.3) is 0 Å². The Labute approximate surface area is 102 Å². The summed E-state index contributed by atoms with van der Waals surface area (Å²) in [5.41, 5.74) is 0.439. The Morgan fingerprint density at radius 1 is 1.44 bits per heavy atom. The van der Waals surface area contributed by atoms with Crippen molar-refractivity contribution in [2.75, 3.05) is 25.6 Å². The van der Waals surface area contributed by atoms with Gasteiger partial charge in [-0.15, -0.1) is 0 Å². The molecule has 1 N–H and O–H groups in total. The summed E-state index contributed by atoms with van der Waals surface area (Å²) in [6.07, 6.45) is -4.43. The quantitative estimate of drug-likeness (QED) is 0.908. The Morgan fingerprint density at radius 3 is 2.67 bits per heavy atom. The molecule has 0 aliphatic heterocycles. The van der Waals surface area contributed by atoms with Crippen LogP contribution in [0.15, 0.2) is 24.3 Å². The number of methoxy groups -OCH3 is 1. The molecule has 1 aromatic carbocycles. The molecule has 1 rings (SSSR count). The molecule has 0 aliphatic rings. The molecule has 0 aliphatic carbocycles. The van der Waals surface area contributed by atoms with Crippen molar-refractivity contribution < 1.29 is 22.7 Å². The van der Waals surface area contributed by atoms with Crippen molar-refractivity contribution in [1.82, 2.24) is 5.32 Å². The molecule has 7 heteroatoms. The zero-order valence-corrected chi connectivity index (χ0v) is 9.91. The summed E-state index contributed by atoms with van der Waals surface area (Å²) in [6.45, 7) is -1.36. The minimum absolute atomic E-state index is 0.439. The van der Waals surface area contributed by atoms with Gasteiger partial charge in [-0.25, -0.2) is 4.79 Å². The number of carbonyl (C=O) groups excluding carboxylic acids is 1. The maximum Gasteiger partial charge on any atom is 0.405 e. The predicted octanol–water partition coefficient (Wildman–Crippen LogP) is 2.40. The average molecular weight is 262 g/mol. The number of halogens is 3. The van der Waals surface area contributed by atoms with E-state index in [0.717, 1.165) is 4.90 Å². The van der Waals surface area contributed by atoms with Gasteiger partial charge >= 0.3 is 12.2 Å². The molecule has 0 saturated carbocycles. The number of benzene rings is 1. The highest BCUT2D eigenvalue weighted by Crippen LogP contribution is 2.20. The second kappa shape index (κ2) is 5.61. The number of hydrogen-bond acceptors (Lipinski definition) is 2. The minimum Gasteiger partial charge on any atom is -0.497 e. The van der Waals surface area contributed by atoms with E-state index in [2.05, 4.69) is 0 Å². The molecule has 2 amide bonds. The van der Waals surface area contributed by atoms with Crippen molar-refractivity contribution in [3.05, 3.63) is 24.3 Å². The highest BCUT2D eigenvalue weighted by molar-refractivity contribution is 5.91. The summed E-state index contributed by atoms with van der Waals surface area (Å²) in [6, 6.07) is 5.62. The van der Waals surface area contributed by atoms with Crippen LogP contribution in [-0.4, -0.2) is 32.9 Å². The first kappa shape index (κ1) is 14.1. The summed E-state index contributed by atoms with van der Waals surface area (Å²) >= 11 is 0. The van der Waals surface area contributed by atoms with Gasteiger partial charge < -0.3 is 10.1 Å². The molecular formula is C11H13F3N2O2. The van der Waals surface area contributed by atoms with Gasteiger partial charge in [-0.2, -0.15) is 13.2 Å². The fourth-order valence-electron chi connectivity index (χ4n) is 1.23. The van der Waals surface area contributed by atoms with Crippen LogP contribution in [0.4, 0.5) is 23.7 Å². The van der Waals surface area contributed by atoms with Crippen LogP contribution < -0.4 is 15.0 Å². The van der Waals surface area contributed by atoms with Crippen LogP contribution in [0.1, 0.15) is 0 Å². The third kappa shape index (κ3) is 4.15. The summed E-state index contributed by atoms with van der Waals surface area (Å²) in [4.78, 5) is 12.5. The van der Waals surface area contributed by atoms with Gasteiger partial charge in [0.15, 0.2) is 0 Å². The summed E-state index contributed by atoms with van der Waals surface area (Å²) in [5, 5.41) is 1.78. The van der Waals surface area contributed by atoms with E-state index in [1.165, 1.54) is 14.2 Å². The summed E-state index contributed by atoms with van der Waals surface area (Å²) < 4.78 is 40.8. The second-order valence-electron chi connectivity index (χ2n) is 3.53. The number of nitrogens with one attached hydrogen (secondary N) is 1. The van der Waals surface area contributed by atoms with Gasteiger partial charge in [-0.05, 0) is 12.1 Å². The first-order valence-electron chi connectivity index (χ1n) is 5.06. The monoisotopic (exact) mass is 262 g/mol. The average Bonchev–Trinajstić information content (AvgIpc) is 2.34. The van der Waals surface area contributed by atoms with Gasteiger partial charge in [0, 0.05) is 18.8 Å². The lowest BCUT2D eigenvalue weighted by Gasteiger charge is -2.19. The van der Waals surface area contributed by atoms with Gasteiger partial charge in [0.1, 0.15) is 12.3 Å². The van der Waals surface area contributed by atoms with Crippen molar-refractivity contribution >= 4 is 11.7 Å². The van der Waals surface area contributed by atoms with Crippen LogP contribution >= 0.6 is 0 Å². The number of amides is 2. The van der Waals surface area contributed by atoms with Gasteiger partial charge in [-0.3, -0.25) is 4.90 Å². The molecule has 0 unspecified atom stereocenters. The molecule has 18 heavy (non-hydrogen) atoms. The van der Waals surface area contributed by atoms with Crippen LogP contribution in [0.2, 0.25) is 0 Å². The molecule has 0 heterocycles. The number of anilines is 1. The zero-order valence-electron chi connectivity index (χ0n) is 9.91. The second-order valence-corrected chi connectivity index (χ2v) is 3.53. The standard InChI is InChI=1S/C11H13F3N2O2/c1-16(10(17)15-7-11(12,13)14)8-4-3-5-9(6-8)18-2/h3-6H,7H2,1-2H3,(H,15,17). The lowest BCUT2D eigenvalue weighted by molar-refractivity contribution is -0.122. The number of urea groups is 1. The first-order valence-corrected chi connectivity index (χ1v) is 5.06. The molecule has 0 spiro atoms. The Balaban J connectivity index is 2.68. The maximum absolute atomic E-state index is 11.9. The van der Waals surface area contributed by atoms with Crippen molar-refractivity contribution in [2.45, 2.75) is 6.18 Å². The molecule has 1 aromatic rings. The molecule has 0 bridgehead atoms. The van der Waals surface area contributed by atoms with Crippen LogP contribution in [0, 0.1) is 0 Å². The SMILES string of the molecule is COc1cccc(N(C)C(=O)NCC(F)(F)F)c1. The lowest BCUT2D eigenvalue weighted by atomic mass is 10.3. The Bertz CT molecular complexity index is 421.